The lowest BCUT2D eigenvalue weighted by molar-refractivity contribution is 0.0641. The average Bonchev–Trinajstić information content (AvgIpc) is 3.07. The van der Waals surface area contributed by atoms with E-state index in [1.54, 1.807) is 68.8 Å². The van der Waals surface area contributed by atoms with E-state index in [0.29, 0.717) is 34.7 Å². The minimum atomic E-state index is -0.303. The lowest BCUT2D eigenvalue weighted by atomic mass is 10.1. The minimum Gasteiger partial charge on any atom is -0.493 e. The molecule has 0 aromatic heterocycles. The Hall–Kier alpha value is -4.13. The first-order valence-corrected chi connectivity index (χ1v) is 10.0. The largest absolute Gasteiger partial charge is 0.493 e. The van der Waals surface area contributed by atoms with E-state index in [4.69, 9.17) is 9.47 Å². The van der Waals surface area contributed by atoms with E-state index in [0.717, 1.165) is 11.1 Å². The summed E-state index contributed by atoms with van der Waals surface area (Å²) in [5, 5.41) is 2.87. The molecule has 0 saturated heterocycles. The van der Waals surface area contributed by atoms with Crippen LogP contribution in [0.25, 0.3) is 0 Å². The van der Waals surface area contributed by atoms with Gasteiger partial charge >= 0.3 is 0 Å². The lowest BCUT2D eigenvalue weighted by Crippen LogP contribution is -2.29. The van der Waals surface area contributed by atoms with Crippen LogP contribution in [0.1, 0.15) is 42.2 Å². The van der Waals surface area contributed by atoms with Crippen molar-refractivity contribution in [3.05, 3.63) is 94.5 Å². The van der Waals surface area contributed by atoms with Crippen LogP contribution in [0.3, 0.4) is 0 Å². The van der Waals surface area contributed by atoms with Crippen molar-refractivity contribution in [3.8, 4) is 11.5 Å². The van der Waals surface area contributed by atoms with Gasteiger partial charge in [-0.2, -0.15) is 0 Å². The molecule has 3 amide bonds. The summed E-state index contributed by atoms with van der Waals surface area (Å²) in [5.74, 6) is 0.379. The zero-order valence-corrected chi connectivity index (χ0v) is 17.8. The number of nitrogens with one attached hydrogen (secondary N) is 1. The Morgan fingerprint density at radius 3 is 2.00 bits per heavy atom. The molecule has 0 saturated carbocycles. The van der Waals surface area contributed by atoms with Gasteiger partial charge in [-0.3, -0.25) is 19.3 Å². The maximum Gasteiger partial charge on any atom is 0.261 e. The van der Waals surface area contributed by atoms with Crippen LogP contribution in [0, 0.1) is 0 Å². The molecule has 0 fully saturated rings. The van der Waals surface area contributed by atoms with Gasteiger partial charge in [0.15, 0.2) is 11.5 Å². The first kappa shape index (κ1) is 21.1. The highest BCUT2D eigenvalue weighted by molar-refractivity contribution is 6.21. The highest BCUT2D eigenvalue weighted by Gasteiger charge is 2.34. The molecule has 0 unspecified atom stereocenters. The maximum atomic E-state index is 12.5. The third-order valence-corrected chi connectivity index (χ3v) is 5.34. The topological polar surface area (TPSA) is 84.9 Å². The summed E-state index contributed by atoms with van der Waals surface area (Å²) in [5.41, 5.74) is 2.96. The van der Waals surface area contributed by atoms with Crippen LogP contribution in [-0.4, -0.2) is 36.8 Å². The van der Waals surface area contributed by atoms with Crippen molar-refractivity contribution in [1.82, 2.24) is 10.2 Å². The van der Waals surface area contributed by atoms with Crippen molar-refractivity contribution >= 4 is 17.7 Å². The van der Waals surface area contributed by atoms with Crippen molar-refractivity contribution in [3.63, 3.8) is 0 Å². The maximum absolute atomic E-state index is 12.5. The fourth-order valence-electron chi connectivity index (χ4n) is 3.60. The Kier molecular flexibility index (Phi) is 5.89. The quantitative estimate of drug-likeness (QED) is 0.581. The Morgan fingerprint density at radius 2 is 1.41 bits per heavy atom. The van der Waals surface area contributed by atoms with Crippen molar-refractivity contribution < 1.29 is 23.9 Å². The molecule has 0 radical (unpaired) electrons. The Balaban J connectivity index is 1.38. The van der Waals surface area contributed by atoms with E-state index in [1.807, 2.05) is 12.1 Å². The molecule has 1 heterocycles. The van der Waals surface area contributed by atoms with Crippen LogP contribution in [0.2, 0.25) is 0 Å². The third kappa shape index (κ3) is 4.05. The highest BCUT2D eigenvalue weighted by atomic mass is 16.5. The van der Waals surface area contributed by atoms with Crippen molar-refractivity contribution in [2.75, 3.05) is 14.2 Å². The van der Waals surface area contributed by atoms with E-state index < -0.39 is 0 Å². The summed E-state index contributed by atoms with van der Waals surface area (Å²) in [4.78, 5) is 38.8. The molecule has 32 heavy (non-hydrogen) atoms. The number of hydrogen-bond acceptors (Lipinski definition) is 5. The number of benzene rings is 3. The number of rotatable bonds is 7. The fourth-order valence-corrected chi connectivity index (χ4v) is 3.60. The zero-order valence-electron chi connectivity index (χ0n) is 17.8. The number of amides is 3. The van der Waals surface area contributed by atoms with Crippen LogP contribution >= 0.6 is 0 Å². The number of fused-ring (bicyclic) bond motifs is 1. The zero-order chi connectivity index (χ0) is 22.7. The van der Waals surface area contributed by atoms with Gasteiger partial charge in [0.2, 0.25) is 0 Å². The molecule has 7 nitrogen and oxygen atoms in total. The molecule has 4 rings (SSSR count). The summed E-state index contributed by atoms with van der Waals surface area (Å²) in [6, 6.07) is 19.1. The molecular weight excluding hydrogens is 408 g/mol. The van der Waals surface area contributed by atoms with Crippen LogP contribution < -0.4 is 14.8 Å². The molecule has 0 bridgehead atoms. The summed E-state index contributed by atoms with van der Waals surface area (Å²) in [6.07, 6.45) is 0. The van der Waals surface area contributed by atoms with E-state index in [9.17, 15) is 14.4 Å². The second-order valence-corrected chi connectivity index (χ2v) is 7.31. The van der Waals surface area contributed by atoms with Crippen LogP contribution in [-0.2, 0) is 13.1 Å². The van der Waals surface area contributed by atoms with Crippen LogP contribution in [0.5, 0.6) is 11.5 Å². The van der Waals surface area contributed by atoms with Crippen molar-refractivity contribution in [2.45, 2.75) is 13.1 Å². The summed E-state index contributed by atoms with van der Waals surface area (Å²) in [6.45, 7) is 0.482. The summed E-state index contributed by atoms with van der Waals surface area (Å²) < 4.78 is 10.5. The predicted molar refractivity (Wildman–Crippen MR) is 118 cm³/mol. The highest BCUT2D eigenvalue weighted by Crippen LogP contribution is 2.27. The number of methoxy groups -OCH3 is 2. The number of ether oxygens (including phenoxy) is 2. The number of carbonyl (C=O) groups excluding carboxylic acids is 3. The summed E-state index contributed by atoms with van der Waals surface area (Å²) in [7, 11) is 3.13. The molecule has 0 spiro atoms. The standard InChI is InChI=1S/C25H22N2O5/c1-31-21-12-9-17(13-22(21)32-2)14-26-23(28)18-10-7-16(8-11-18)15-27-24(29)19-5-3-4-6-20(19)25(27)30/h3-13H,14-15H2,1-2H3,(H,26,28). The minimum absolute atomic E-state index is 0.153. The fraction of sp³-hybridized carbons (Fsp3) is 0.160. The van der Waals surface area contributed by atoms with Gasteiger partial charge in [0.05, 0.1) is 31.9 Å². The Morgan fingerprint density at radius 1 is 0.812 bits per heavy atom. The third-order valence-electron chi connectivity index (χ3n) is 5.34. The van der Waals surface area contributed by atoms with Crippen LogP contribution in [0.4, 0.5) is 0 Å². The van der Waals surface area contributed by atoms with E-state index in [-0.39, 0.29) is 24.3 Å². The van der Waals surface area contributed by atoms with Crippen LogP contribution in [0.15, 0.2) is 66.7 Å². The molecule has 162 valence electrons. The Bertz CT molecular complexity index is 1150. The smallest absolute Gasteiger partial charge is 0.261 e. The molecule has 0 aliphatic carbocycles. The van der Waals surface area contributed by atoms with Gasteiger partial charge in [-0.15, -0.1) is 0 Å². The second kappa shape index (κ2) is 8.93. The second-order valence-electron chi connectivity index (χ2n) is 7.31. The molecular formula is C25H22N2O5. The molecule has 0 atom stereocenters. The van der Waals surface area contributed by atoms with E-state index in [2.05, 4.69) is 5.32 Å². The van der Waals surface area contributed by atoms with E-state index in [1.165, 1.54) is 4.90 Å². The van der Waals surface area contributed by atoms with Gasteiger partial charge in [0.1, 0.15) is 0 Å². The molecule has 1 N–H and O–H groups in total. The monoisotopic (exact) mass is 430 g/mol. The predicted octanol–water partition coefficient (Wildman–Crippen LogP) is 3.43. The first-order valence-electron chi connectivity index (χ1n) is 10.0. The molecule has 3 aromatic rings. The Labute approximate surface area is 185 Å². The number of carbonyl (C=O) groups is 3. The molecule has 1 aliphatic heterocycles. The number of imide groups is 1. The first-order chi connectivity index (χ1) is 15.5. The number of nitrogens with zero attached hydrogens (tertiary/aromatic N) is 1. The SMILES string of the molecule is COc1ccc(CNC(=O)c2ccc(CN3C(=O)c4ccccc4C3=O)cc2)cc1OC. The van der Waals surface area contributed by atoms with Gasteiger partial charge in [0, 0.05) is 12.1 Å². The normalized spacial score (nSPS) is 12.5. The average molecular weight is 430 g/mol. The number of hydrogen-bond donors (Lipinski definition) is 1. The van der Waals surface area contributed by atoms with Gasteiger partial charge in [0.25, 0.3) is 17.7 Å². The van der Waals surface area contributed by atoms with Gasteiger partial charge in [-0.25, -0.2) is 0 Å². The van der Waals surface area contributed by atoms with E-state index >= 15 is 0 Å². The summed E-state index contributed by atoms with van der Waals surface area (Å²) >= 11 is 0. The molecule has 3 aromatic carbocycles. The van der Waals surface area contributed by atoms with Crippen molar-refractivity contribution in [1.29, 1.82) is 0 Å². The van der Waals surface area contributed by atoms with Crippen molar-refractivity contribution in [2.24, 2.45) is 0 Å². The van der Waals surface area contributed by atoms with Gasteiger partial charge in [-0.05, 0) is 47.5 Å². The lowest BCUT2D eigenvalue weighted by Gasteiger charge is -2.14. The van der Waals surface area contributed by atoms with Gasteiger partial charge < -0.3 is 14.8 Å². The van der Waals surface area contributed by atoms with Gasteiger partial charge in [-0.1, -0.05) is 30.3 Å². The molecule has 1 aliphatic rings. The molecule has 7 heteroatoms.